The summed E-state index contributed by atoms with van der Waals surface area (Å²) >= 11 is 0. The van der Waals surface area contributed by atoms with Crippen LogP contribution in [0.3, 0.4) is 0 Å². The molecule has 0 fully saturated rings. The van der Waals surface area contributed by atoms with Gasteiger partial charge in [-0.05, 0) is 53.4 Å². The molecule has 118 valence electrons. The maximum atomic E-state index is 6.05. The van der Waals surface area contributed by atoms with Gasteiger partial charge in [0.25, 0.3) is 0 Å². The topological polar surface area (TPSA) is 9.23 Å². The molecular weight excluding hydrogens is 280 g/mol. The van der Waals surface area contributed by atoms with Crippen LogP contribution in [0.2, 0.25) is 0 Å². The maximum absolute atomic E-state index is 6.05. The van der Waals surface area contributed by atoms with Crippen LogP contribution in [-0.2, 0) is 6.42 Å². The highest BCUT2D eigenvalue weighted by molar-refractivity contribution is 5.87. The molecule has 0 aliphatic heterocycles. The van der Waals surface area contributed by atoms with Gasteiger partial charge in [-0.2, -0.15) is 0 Å². The summed E-state index contributed by atoms with van der Waals surface area (Å²) in [5, 5.41) is 2.61. The Kier molecular flexibility index (Phi) is 5.31. The molecule has 0 heterocycles. The molecule has 0 aliphatic carbocycles. The Labute approximate surface area is 138 Å². The lowest BCUT2D eigenvalue weighted by atomic mass is 9.99. The third-order valence-electron chi connectivity index (χ3n) is 4.20. The lowest BCUT2D eigenvalue weighted by Crippen LogP contribution is -1.91. The maximum Gasteiger partial charge on any atom is 0.128 e. The average molecular weight is 304 g/mol. The van der Waals surface area contributed by atoms with Crippen molar-refractivity contribution >= 4 is 10.8 Å². The standard InChI is InChI=1S/C22H24O/c1-2-3-4-6-11-18-16-21(23-20-13-7-5-8-14-20)17-19-12-9-10-15-22(18)19/h5,7-10,12-17H,2-4,6,11H2,1H3. The summed E-state index contributed by atoms with van der Waals surface area (Å²) in [5.41, 5.74) is 1.39. The monoisotopic (exact) mass is 304 g/mol. The van der Waals surface area contributed by atoms with E-state index in [2.05, 4.69) is 43.3 Å². The molecule has 0 radical (unpaired) electrons. The Bertz CT molecular complexity index is 746. The lowest BCUT2D eigenvalue weighted by molar-refractivity contribution is 0.482. The van der Waals surface area contributed by atoms with Crippen LogP contribution in [0.1, 0.15) is 38.2 Å². The molecule has 3 rings (SSSR count). The zero-order valence-corrected chi connectivity index (χ0v) is 13.8. The van der Waals surface area contributed by atoms with Crippen LogP contribution in [0, 0.1) is 0 Å². The molecule has 0 spiro atoms. The van der Waals surface area contributed by atoms with Gasteiger partial charge in [0.15, 0.2) is 0 Å². The quantitative estimate of drug-likeness (QED) is 0.438. The van der Waals surface area contributed by atoms with Crippen molar-refractivity contribution in [3.05, 3.63) is 72.3 Å². The molecule has 0 aromatic heterocycles. The summed E-state index contributed by atoms with van der Waals surface area (Å²) in [6, 6.07) is 23.0. The van der Waals surface area contributed by atoms with E-state index in [-0.39, 0.29) is 0 Å². The van der Waals surface area contributed by atoms with Crippen molar-refractivity contribution in [2.24, 2.45) is 0 Å². The van der Waals surface area contributed by atoms with Crippen LogP contribution < -0.4 is 4.74 Å². The van der Waals surface area contributed by atoms with Crippen LogP contribution in [0.5, 0.6) is 11.5 Å². The van der Waals surface area contributed by atoms with Crippen molar-refractivity contribution in [2.45, 2.75) is 39.0 Å². The highest BCUT2D eigenvalue weighted by atomic mass is 16.5. The van der Waals surface area contributed by atoms with E-state index in [1.165, 1.54) is 42.0 Å². The van der Waals surface area contributed by atoms with E-state index in [0.717, 1.165) is 17.9 Å². The molecule has 0 N–H and O–H groups in total. The van der Waals surface area contributed by atoms with E-state index in [4.69, 9.17) is 4.74 Å². The Morgan fingerprint density at radius 1 is 0.739 bits per heavy atom. The van der Waals surface area contributed by atoms with Crippen LogP contribution in [0.4, 0.5) is 0 Å². The number of benzene rings is 3. The van der Waals surface area contributed by atoms with Gasteiger partial charge >= 0.3 is 0 Å². The van der Waals surface area contributed by atoms with Gasteiger partial charge in [-0.3, -0.25) is 0 Å². The Morgan fingerprint density at radius 3 is 2.35 bits per heavy atom. The largest absolute Gasteiger partial charge is 0.457 e. The minimum absolute atomic E-state index is 0.889. The van der Waals surface area contributed by atoms with Gasteiger partial charge in [-0.15, -0.1) is 0 Å². The summed E-state index contributed by atoms with van der Waals surface area (Å²) < 4.78 is 6.05. The van der Waals surface area contributed by atoms with Gasteiger partial charge in [0.05, 0.1) is 0 Å². The average Bonchev–Trinajstić information content (AvgIpc) is 2.59. The van der Waals surface area contributed by atoms with E-state index >= 15 is 0 Å². The summed E-state index contributed by atoms with van der Waals surface area (Å²) in [5.74, 6) is 1.82. The van der Waals surface area contributed by atoms with Crippen molar-refractivity contribution in [3.8, 4) is 11.5 Å². The molecular formula is C22H24O. The molecule has 3 aromatic rings. The van der Waals surface area contributed by atoms with Crippen LogP contribution in [0.25, 0.3) is 10.8 Å². The molecule has 0 saturated heterocycles. The van der Waals surface area contributed by atoms with Crippen LogP contribution in [-0.4, -0.2) is 0 Å². The number of hydrogen-bond acceptors (Lipinski definition) is 1. The van der Waals surface area contributed by atoms with E-state index in [0.29, 0.717) is 0 Å². The first-order chi connectivity index (χ1) is 11.4. The Hall–Kier alpha value is -2.28. The third-order valence-corrected chi connectivity index (χ3v) is 4.20. The molecule has 23 heavy (non-hydrogen) atoms. The second-order valence-corrected chi connectivity index (χ2v) is 6.03. The van der Waals surface area contributed by atoms with Crippen molar-refractivity contribution in [1.29, 1.82) is 0 Å². The minimum Gasteiger partial charge on any atom is -0.457 e. The van der Waals surface area contributed by atoms with Gasteiger partial charge in [-0.25, -0.2) is 0 Å². The zero-order chi connectivity index (χ0) is 15.9. The molecule has 0 saturated carbocycles. The van der Waals surface area contributed by atoms with Gasteiger partial charge in [-0.1, -0.05) is 68.7 Å². The summed E-state index contributed by atoms with van der Waals surface area (Å²) in [6.07, 6.45) is 6.25. The molecule has 3 aromatic carbocycles. The molecule has 0 unspecified atom stereocenters. The molecule has 1 nitrogen and oxygen atoms in total. The number of rotatable bonds is 7. The predicted octanol–water partition coefficient (Wildman–Crippen LogP) is 6.75. The fourth-order valence-electron chi connectivity index (χ4n) is 2.99. The van der Waals surface area contributed by atoms with Crippen LogP contribution >= 0.6 is 0 Å². The molecule has 0 aliphatic rings. The first kappa shape index (κ1) is 15.6. The number of hydrogen-bond donors (Lipinski definition) is 0. The molecule has 0 amide bonds. The smallest absolute Gasteiger partial charge is 0.128 e. The number of para-hydroxylation sites is 1. The zero-order valence-electron chi connectivity index (χ0n) is 13.8. The minimum atomic E-state index is 0.889. The number of unbranched alkanes of at least 4 members (excludes halogenated alkanes) is 3. The van der Waals surface area contributed by atoms with Gasteiger partial charge in [0.2, 0.25) is 0 Å². The highest BCUT2D eigenvalue weighted by Gasteiger charge is 2.06. The molecule has 0 atom stereocenters. The van der Waals surface area contributed by atoms with Gasteiger partial charge in [0.1, 0.15) is 11.5 Å². The fourth-order valence-corrected chi connectivity index (χ4v) is 2.99. The Balaban J connectivity index is 1.87. The SMILES string of the molecule is CCCCCCc1cc(Oc2ccccc2)cc2ccccc12. The normalized spacial score (nSPS) is 10.8. The van der Waals surface area contributed by atoms with Crippen molar-refractivity contribution in [3.63, 3.8) is 0 Å². The summed E-state index contributed by atoms with van der Waals surface area (Å²) in [6.45, 7) is 2.25. The fraction of sp³-hybridized carbons (Fsp3) is 0.273. The number of ether oxygens (including phenoxy) is 1. The molecule has 0 bridgehead atoms. The lowest BCUT2D eigenvalue weighted by Gasteiger charge is -2.11. The first-order valence-corrected chi connectivity index (χ1v) is 8.61. The van der Waals surface area contributed by atoms with E-state index in [1.807, 2.05) is 30.3 Å². The number of aryl methyl sites for hydroxylation is 1. The van der Waals surface area contributed by atoms with E-state index < -0.39 is 0 Å². The predicted molar refractivity (Wildman–Crippen MR) is 98.3 cm³/mol. The van der Waals surface area contributed by atoms with E-state index in [1.54, 1.807) is 0 Å². The van der Waals surface area contributed by atoms with Crippen molar-refractivity contribution in [2.75, 3.05) is 0 Å². The summed E-state index contributed by atoms with van der Waals surface area (Å²) in [4.78, 5) is 0. The van der Waals surface area contributed by atoms with Gasteiger partial charge < -0.3 is 4.74 Å². The third kappa shape index (κ3) is 4.13. The van der Waals surface area contributed by atoms with Crippen molar-refractivity contribution < 1.29 is 4.74 Å². The van der Waals surface area contributed by atoms with Gasteiger partial charge in [0, 0.05) is 0 Å². The number of fused-ring (bicyclic) bond motifs is 1. The molecule has 1 heteroatoms. The summed E-state index contributed by atoms with van der Waals surface area (Å²) in [7, 11) is 0. The first-order valence-electron chi connectivity index (χ1n) is 8.61. The highest BCUT2D eigenvalue weighted by Crippen LogP contribution is 2.29. The van der Waals surface area contributed by atoms with E-state index in [9.17, 15) is 0 Å². The van der Waals surface area contributed by atoms with Crippen molar-refractivity contribution in [1.82, 2.24) is 0 Å². The van der Waals surface area contributed by atoms with Crippen LogP contribution in [0.15, 0.2) is 66.7 Å². The Morgan fingerprint density at radius 2 is 1.52 bits per heavy atom. The second-order valence-electron chi connectivity index (χ2n) is 6.03. The second kappa shape index (κ2) is 7.82.